The molecule has 0 spiro atoms. The smallest absolute Gasteiger partial charge is 0.139 e. The number of aryl methyl sites for hydroxylation is 2. The highest BCUT2D eigenvalue weighted by molar-refractivity contribution is 5.79. The van der Waals surface area contributed by atoms with E-state index in [1.165, 1.54) is 0 Å². The molecular formula is C34H38FN5. The molecule has 3 heterocycles. The first-order chi connectivity index (χ1) is 19.3. The van der Waals surface area contributed by atoms with Crippen LogP contribution in [0.5, 0.6) is 0 Å². The predicted molar refractivity (Wildman–Crippen MR) is 165 cm³/mol. The van der Waals surface area contributed by atoms with Crippen molar-refractivity contribution >= 4 is 22.9 Å². The van der Waals surface area contributed by atoms with E-state index < -0.39 is 5.67 Å². The number of nitrogens with zero attached hydrogens (tertiary/aromatic N) is 3. The van der Waals surface area contributed by atoms with E-state index in [1.807, 2.05) is 30.5 Å². The average molecular weight is 536 g/mol. The number of hydrogen-bond donors (Lipinski definition) is 2. The van der Waals surface area contributed by atoms with Crippen LogP contribution < -0.4 is 15.5 Å². The van der Waals surface area contributed by atoms with Gasteiger partial charge in [-0.1, -0.05) is 37.3 Å². The molecule has 2 aliphatic heterocycles. The Bertz CT molecular complexity index is 1420. The molecule has 1 aromatic heterocycles. The molecule has 206 valence electrons. The zero-order valence-corrected chi connectivity index (χ0v) is 23.6. The van der Waals surface area contributed by atoms with Gasteiger partial charge in [-0.15, -0.1) is 6.42 Å². The number of halogens is 1. The molecule has 0 unspecified atom stereocenters. The number of rotatable bonds is 7. The Balaban J connectivity index is 1.26. The Kier molecular flexibility index (Phi) is 7.95. The van der Waals surface area contributed by atoms with E-state index in [0.717, 1.165) is 76.9 Å². The molecule has 0 atom stereocenters. The fraction of sp³-hybridized carbons (Fsp3) is 0.324. The minimum Gasteiger partial charge on any atom is -0.371 e. The lowest BCUT2D eigenvalue weighted by atomic mass is 9.85. The van der Waals surface area contributed by atoms with Crippen molar-refractivity contribution in [3.05, 3.63) is 101 Å². The van der Waals surface area contributed by atoms with Crippen molar-refractivity contribution in [2.75, 3.05) is 49.5 Å². The van der Waals surface area contributed by atoms with Crippen molar-refractivity contribution in [1.82, 2.24) is 15.2 Å². The third kappa shape index (κ3) is 5.76. The molecule has 2 fully saturated rings. The Morgan fingerprint density at radius 3 is 2.33 bits per heavy atom. The summed E-state index contributed by atoms with van der Waals surface area (Å²) in [4.78, 5) is 9.18. The van der Waals surface area contributed by atoms with Gasteiger partial charge in [0.25, 0.3) is 0 Å². The van der Waals surface area contributed by atoms with Crippen LogP contribution in [0.3, 0.4) is 0 Å². The van der Waals surface area contributed by atoms with Gasteiger partial charge in [0.15, 0.2) is 0 Å². The number of likely N-dealkylation sites (tertiary alicyclic amines) is 1. The molecule has 40 heavy (non-hydrogen) atoms. The molecule has 5 rings (SSSR count). The molecule has 0 saturated carbocycles. The second kappa shape index (κ2) is 11.6. The standard InChI is InChI=1S/C34H38FN5/c1-6-28-7-10-30(11-8-28)34(35)13-17-39(18-14-34)27(5)31-22-32(25(3)21-24(31)2)38-26(4)29-9-12-33(37-23-29)40-19-15-36-16-20-40/h1,7-12,21-23,36,38H,4-5,13-20H2,2-3H3. The lowest BCUT2D eigenvalue weighted by Crippen LogP contribution is -2.43. The fourth-order valence-electron chi connectivity index (χ4n) is 5.63. The first-order valence-corrected chi connectivity index (χ1v) is 14.0. The molecule has 0 radical (unpaired) electrons. The molecule has 2 aromatic carbocycles. The second-order valence-corrected chi connectivity index (χ2v) is 10.8. The summed E-state index contributed by atoms with van der Waals surface area (Å²) < 4.78 is 15.9. The van der Waals surface area contributed by atoms with Gasteiger partial charge in [0, 0.05) is 92.1 Å². The van der Waals surface area contributed by atoms with E-state index in [9.17, 15) is 0 Å². The summed E-state index contributed by atoms with van der Waals surface area (Å²) in [6.07, 6.45) is 8.16. The van der Waals surface area contributed by atoms with Crippen molar-refractivity contribution < 1.29 is 4.39 Å². The predicted octanol–water partition coefficient (Wildman–Crippen LogP) is 6.10. The van der Waals surface area contributed by atoms with Gasteiger partial charge < -0.3 is 20.4 Å². The Hall–Kier alpha value is -4.08. The monoisotopic (exact) mass is 535 g/mol. The van der Waals surface area contributed by atoms with Crippen LogP contribution in [0.1, 0.15) is 46.2 Å². The highest BCUT2D eigenvalue weighted by atomic mass is 19.1. The zero-order chi connectivity index (χ0) is 28.3. The lowest BCUT2D eigenvalue weighted by molar-refractivity contribution is 0.0794. The van der Waals surface area contributed by atoms with Crippen molar-refractivity contribution in [1.29, 1.82) is 0 Å². The van der Waals surface area contributed by atoms with Gasteiger partial charge >= 0.3 is 0 Å². The number of alkyl halides is 1. The van der Waals surface area contributed by atoms with Crippen LogP contribution in [0, 0.1) is 26.2 Å². The summed E-state index contributed by atoms with van der Waals surface area (Å²) in [5.41, 5.74) is 7.06. The van der Waals surface area contributed by atoms with Crippen LogP contribution in [-0.4, -0.2) is 49.2 Å². The normalized spacial score (nSPS) is 16.8. The van der Waals surface area contributed by atoms with Gasteiger partial charge in [-0.3, -0.25) is 0 Å². The first-order valence-electron chi connectivity index (χ1n) is 14.0. The molecular weight excluding hydrogens is 497 g/mol. The summed E-state index contributed by atoms with van der Waals surface area (Å²) >= 11 is 0. The molecule has 5 nitrogen and oxygen atoms in total. The summed E-state index contributed by atoms with van der Waals surface area (Å²) in [5.74, 6) is 3.59. The molecule has 2 N–H and O–H groups in total. The van der Waals surface area contributed by atoms with Crippen molar-refractivity contribution in [3.8, 4) is 12.3 Å². The van der Waals surface area contributed by atoms with Crippen LogP contribution >= 0.6 is 0 Å². The van der Waals surface area contributed by atoms with Gasteiger partial charge in [0.2, 0.25) is 0 Å². The molecule has 0 aliphatic carbocycles. The van der Waals surface area contributed by atoms with E-state index in [0.29, 0.717) is 31.5 Å². The van der Waals surface area contributed by atoms with Crippen LogP contribution in [0.4, 0.5) is 15.9 Å². The van der Waals surface area contributed by atoms with E-state index in [2.05, 4.69) is 82.6 Å². The minimum atomic E-state index is -1.36. The minimum absolute atomic E-state index is 0.408. The Morgan fingerprint density at radius 2 is 1.70 bits per heavy atom. The number of aromatic nitrogens is 1. The number of hydrogen-bond acceptors (Lipinski definition) is 5. The molecule has 6 heteroatoms. The molecule has 0 amide bonds. The van der Waals surface area contributed by atoms with Crippen molar-refractivity contribution in [3.63, 3.8) is 0 Å². The second-order valence-electron chi connectivity index (χ2n) is 10.8. The van der Waals surface area contributed by atoms with E-state index in [-0.39, 0.29) is 0 Å². The largest absolute Gasteiger partial charge is 0.371 e. The van der Waals surface area contributed by atoms with Crippen molar-refractivity contribution in [2.45, 2.75) is 32.4 Å². The topological polar surface area (TPSA) is 43.4 Å². The average Bonchev–Trinajstić information content (AvgIpc) is 2.99. The van der Waals surface area contributed by atoms with Gasteiger partial charge in [-0.25, -0.2) is 9.37 Å². The summed E-state index contributed by atoms with van der Waals surface area (Å²) in [6.45, 7) is 18.0. The van der Waals surface area contributed by atoms with Gasteiger partial charge in [-0.05, 0) is 60.9 Å². The molecule has 3 aromatic rings. The Morgan fingerprint density at radius 1 is 1.00 bits per heavy atom. The molecule has 0 bridgehead atoms. The Labute approximate surface area is 237 Å². The maximum Gasteiger partial charge on any atom is 0.139 e. The van der Waals surface area contributed by atoms with E-state index in [4.69, 9.17) is 6.42 Å². The number of terminal acetylenes is 1. The number of pyridine rings is 1. The lowest BCUT2D eigenvalue weighted by Gasteiger charge is -2.39. The highest BCUT2D eigenvalue weighted by Gasteiger charge is 2.36. The maximum atomic E-state index is 15.9. The number of nitrogens with one attached hydrogen (secondary N) is 2. The summed E-state index contributed by atoms with van der Waals surface area (Å²) in [5, 5.41) is 6.88. The van der Waals surface area contributed by atoms with Gasteiger partial charge in [-0.2, -0.15) is 0 Å². The van der Waals surface area contributed by atoms with Crippen LogP contribution in [0.2, 0.25) is 0 Å². The number of benzene rings is 2. The fourth-order valence-corrected chi connectivity index (χ4v) is 5.63. The summed E-state index contributed by atoms with van der Waals surface area (Å²) in [7, 11) is 0. The van der Waals surface area contributed by atoms with Crippen LogP contribution in [0.25, 0.3) is 11.4 Å². The maximum absolute atomic E-state index is 15.9. The van der Waals surface area contributed by atoms with Gasteiger partial charge in [0.1, 0.15) is 11.5 Å². The third-order valence-corrected chi connectivity index (χ3v) is 8.21. The van der Waals surface area contributed by atoms with Crippen LogP contribution in [-0.2, 0) is 5.67 Å². The first kappa shape index (κ1) is 27.5. The van der Waals surface area contributed by atoms with Crippen molar-refractivity contribution in [2.24, 2.45) is 0 Å². The summed E-state index contributed by atoms with van der Waals surface area (Å²) in [6, 6.07) is 15.7. The van der Waals surface area contributed by atoms with E-state index in [1.54, 1.807) is 0 Å². The zero-order valence-electron chi connectivity index (χ0n) is 23.6. The highest BCUT2D eigenvalue weighted by Crippen LogP contribution is 2.39. The van der Waals surface area contributed by atoms with E-state index >= 15 is 4.39 Å². The van der Waals surface area contributed by atoms with Crippen LogP contribution in [0.15, 0.2) is 67.9 Å². The van der Waals surface area contributed by atoms with Gasteiger partial charge in [0.05, 0.1) is 0 Å². The molecule has 2 aliphatic rings. The molecule has 2 saturated heterocycles. The number of piperidine rings is 1. The SMILES string of the molecule is C#Cc1ccc(C2(F)CCN(C(=C)c3cc(NC(=C)c4ccc(N5CCNCC5)nc4)c(C)cc3C)CC2)cc1. The quantitative estimate of drug-likeness (QED) is 0.358. The third-order valence-electron chi connectivity index (χ3n) is 8.21. The number of piperazine rings is 1. The number of anilines is 2.